The maximum Gasteiger partial charge on any atom is 0.416 e. The number of carbonyl (C=O) groups excluding carboxylic acids is 1. The number of morpholine rings is 1. The molecule has 3 rings (SSSR count). The zero-order valence-corrected chi connectivity index (χ0v) is 14.9. The quantitative estimate of drug-likeness (QED) is 0.821. The number of rotatable bonds is 3. The second-order valence-corrected chi connectivity index (χ2v) is 6.07. The van der Waals surface area contributed by atoms with Gasteiger partial charge in [0.05, 0.1) is 30.9 Å². The summed E-state index contributed by atoms with van der Waals surface area (Å²) in [5.74, 6) is 5.70. The molecule has 1 fully saturated rings. The molecule has 0 aliphatic carbocycles. The van der Waals surface area contributed by atoms with Crippen LogP contribution in [0.5, 0.6) is 0 Å². The molecule has 28 heavy (non-hydrogen) atoms. The lowest BCUT2D eigenvalue weighted by Gasteiger charge is -2.27. The molecule has 146 valence electrons. The average molecular weight is 389 g/mol. The number of anilines is 1. The van der Waals surface area contributed by atoms with Crippen molar-refractivity contribution < 1.29 is 22.7 Å². The standard InChI is InChI=1S/C20H18F3N3O2/c21-20(22,23)17-5-1-3-15(13-17)4-2-8-24-19(27)16-6-7-18(25-14-16)26-9-11-28-12-10-26/h1,3,5-7,13-14H,8-12H2,(H,24,27). The summed E-state index contributed by atoms with van der Waals surface area (Å²) in [6.45, 7) is 2.82. The Morgan fingerprint density at radius 2 is 2.00 bits per heavy atom. The van der Waals surface area contributed by atoms with Crippen LogP contribution in [0.3, 0.4) is 0 Å². The number of ether oxygens (including phenoxy) is 1. The summed E-state index contributed by atoms with van der Waals surface area (Å²) in [6, 6.07) is 8.19. The first-order chi connectivity index (χ1) is 13.4. The summed E-state index contributed by atoms with van der Waals surface area (Å²) in [5.41, 5.74) is -0.131. The molecule has 0 bridgehead atoms. The van der Waals surface area contributed by atoms with Crippen molar-refractivity contribution in [2.24, 2.45) is 0 Å². The number of hydrogen-bond acceptors (Lipinski definition) is 4. The zero-order valence-electron chi connectivity index (χ0n) is 14.9. The van der Waals surface area contributed by atoms with Gasteiger partial charge in [-0.05, 0) is 30.3 Å². The highest BCUT2D eigenvalue weighted by Crippen LogP contribution is 2.29. The Morgan fingerprint density at radius 3 is 2.68 bits per heavy atom. The molecule has 1 aliphatic rings. The third-order valence-corrected chi connectivity index (χ3v) is 4.11. The Balaban J connectivity index is 1.54. The van der Waals surface area contributed by atoms with Crippen molar-refractivity contribution in [3.63, 3.8) is 0 Å². The molecule has 1 N–H and O–H groups in total. The Kier molecular flexibility index (Phi) is 6.16. The summed E-state index contributed by atoms with van der Waals surface area (Å²) >= 11 is 0. The van der Waals surface area contributed by atoms with E-state index in [-0.39, 0.29) is 18.0 Å². The normalized spacial score (nSPS) is 14.2. The van der Waals surface area contributed by atoms with Crippen LogP contribution in [0, 0.1) is 11.8 Å². The highest BCUT2D eigenvalue weighted by molar-refractivity contribution is 5.94. The third-order valence-electron chi connectivity index (χ3n) is 4.11. The molecule has 5 nitrogen and oxygen atoms in total. The van der Waals surface area contributed by atoms with Crippen LogP contribution in [0.4, 0.5) is 19.0 Å². The van der Waals surface area contributed by atoms with Gasteiger partial charge in [-0.1, -0.05) is 17.9 Å². The van der Waals surface area contributed by atoms with Gasteiger partial charge in [-0.3, -0.25) is 4.79 Å². The van der Waals surface area contributed by atoms with E-state index in [0.717, 1.165) is 31.0 Å². The number of hydrogen-bond donors (Lipinski definition) is 1. The van der Waals surface area contributed by atoms with Crippen molar-refractivity contribution in [3.8, 4) is 11.8 Å². The fraction of sp³-hybridized carbons (Fsp3) is 0.300. The van der Waals surface area contributed by atoms with Crippen molar-refractivity contribution >= 4 is 11.7 Å². The molecule has 0 unspecified atom stereocenters. The lowest BCUT2D eigenvalue weighted by Crippen LogP contribution is -2.36. The molecule has 2 heterocycles. The molecule has 0 spiro atoms. The van der Waals surface area contributed by atoms with Crippen LogP contribution in [0.15, 0.2) is 42.6 Å². The SMILES string of the molecule is O=C(NCC#Cc1cccc(C(F)(F)F)c1)c1ccc(N2CCOCC2)nc1. The maximum absolute atomic E-state index is 12.7. The van der Waals surface area contributed by atoms with Gasteiger partial charge in [-0.25, -0.2) is 4.98 Å². The van der Waals surface area contributed by atoms with Crippen molar-refractivity contribution in [2.75, 3.05) is 37.7 Å². The number of alkyl halides is 3. The van der Waals surface area contributed by atoms with Gasteiger partial charge in [0.1, 0.15) is 5.82 Å². The van der Waals surface area contributed by atoms with Gasteiger partial charge < -0.3 is 15.0 Å². The van der Waals surface area contributed by atoms with E-state index in [4.69, 9.17) is 4.74 Å². The molecule has 1 aliphatic heterocycles. The number of amides is 1. The van der Waals surface area contributed by atoms with E-state index in [2.05, 4.69) is 27.0 Å². The molecule has 1 aromatic heterocycles. The highest BCUT2D eigenvalue weighted by Gasteiger charge is 2.30. The fourth-order valence-electron chi connectivity index (χ4n) is 2.65. The monoisotopic (exact) mass is 389 g/mol. The highest BCUT2D eigenvalue weighted by atomic mass is 19.4. The summed E-state index contributed by atoms with van der Waals surface area (Å²) < 4.78 is 43.3. The smallest absolute Gasteiger partial charge is 0.378 e. The molecule has 0 radical (unpaired) electrons. The van der Waals surface area contributed by atoms with E-state index in [1.807, 2.05) is 0 Å². The molecule has 1 aromatic carbocycles. The Labute approximate surface area is 160 Å². The minimum absolute atomic E-state index is 0.0142. The molecular weight excluding hydrogens is 371 g/mol. The molecule has 1 amide bonds. The first-order valence-electron chi connectivity index (χ1n) is 8.66. The predicted octanol–water partition coefficient (Wildman–Crippen LogP) is 2.72. The first kappa shape index (κ1) is 19.7. The van der Waals surface area contributed by atoms with Gasteiger partial charge in [0.15, 0.2) is 0 Å². The van der Waals surface area contributed by atoms with Crippen LogP contribution in [0.1, 0.15) is 21.5 Å². The van der Waals surface area contributed by atoms with Crippen LogP contribution in [0.25, 0.3) is 0 Å². The lowest BCUT2D eigenvalue weighted by atomic mass is 10.1. The first-order valence-corrected chi connectivity index (χ1v) is 8.66. The number of halogens is 3. The van der Waals surface area contributed by atoms with Gasteiger partial charge in [0, 0.05) is 24.8 Å². The Hall–Kier alpha value is -3.05. The maximum atomic E-state index is 12.7. The van der Waals surface area contributed by atoms with Gasteiger partial charge in [0.25, 0.3) is 5.91 Å². The van der Waals surface area contributed by atoms with Crippen LogP contribution in [-0.2, 0) is 10.9 Å². The Morgan fingerprint density at radius 1 is 1.21 bits per heavy atom. The van der Waals surface area contributed by atoms with Crippen molar-refractivity contribution in [3.05, 3.63) is 59.3 Å². The number of nitrogens with zero attached hydrogens (tertiary/aromatic N) is 2. The molecule has 8 heteroatoms. The van der Waals surface area contributed by atoms with Crippen LogP contribution < -0.4 is 10.2 Å². The van der Waals surface area contributed by atoms with Gasteiger partial charge in [-0.15, -0.1) is 0 Å². The van der Waals surface area contributed by atoms with Crippen molar-refractivity contribution in [1.82, 2.24) is 10.3 Å². The zero-order chi connectivity index (χ0) is 20.0. The number of carbonyl (C=O) groups is 1. The minimum Gasteiger partial charge on any atom is -0.378 e. The van der Waals surface area contributed by atoms with E-state index in [0.29, 0.717) is 18.8 Å². The number of pyridine rings is 1. The molecular formula is C20H18F3N3O2. The molecule has 0 saturated carbocycles. The predicted molar refractivity (Wildman–Crippen MR) is 97.9 cm³/mol. The number of benzene rings is 1. The van der Waals surface area contributed by atoms with Crippen LogP contribution in [-0.4, -0.2) is 43.7 Å². The number of nitrogens with one attached hydrogen (secondary N) is 1. The fourth-order valence-corrected chi connectivity index (χ4v) is 2.65. The van der Waals surface area contributed by atoms with E-state index in [1.54, 1.807) is 12.1 Å². The molecule has 1 saturated heterocycles. The van der Waals surface area contributed by atoms with Gasteiger partial charge >= 0.3 is 6.18 Å². The van der Waals surface area contributed by atoms with E-state index in [1.165, 1.54) is 18.3 Å². The van der Waals surface area contributed by atoms with Crippen LogP contribution >= 0.6 is 0 Å². The van der Waals surface area contributed by atoms with E-state index < -0.39 is 11.7 Å². The largest absolute Gasteiger partial charge is 0.416 e. The van der Waals surface area contributed by atoms with E-state index >= 15 is 0 Å². The summed E-state index contributed by atoms with van der Waals surface area (Å²) in [5, 5.41) is 2.60. The van der Waals surface area contributed by atoms with E-state index in [9.17, 15) is 18.0 Å². The summed E-state index contributed by atoms with van der Waals surface area (Å²) in [4.78, 5) is 18.5. The summed E-state index contributed by atoms with van der Waals surface area (Å²) in [6.07, 6.45) is -2.92. The minimum atomic E-state index is -4.41. The second kappa shape index (κ2) is 8.76. The van der Waals surface area contributed by atoms with Gasteiger partial charge in [0.2, 0.25) is 0 Å². The van der Waals surface area contributed by atoms with Gasteiger partial charge in [-0.2, -0.15) is 13.2 Å². The summed E-state index contributed by atoms with van der Waals surface area (Å²) in [7, 11) is 0. The lowest BCUT2D eigenvalue weighted by molar-refractivity contribution is -0.137. The number of aromatic nitrogens is 1. The molecule has 0 atom stereocenters. The molecule has 2 aromatic rings. The van der Waals surface area contributed by atoms with Crippen LogP contribution in [0.2, 0.25) is 0 Å². The van der Waals surface area contributed by atoms with Crippen molar-refractivity contribution in [1.29, 1.82) is 0 Å². The Bertz CT molecular complexity index is 880. The third kappa shape index (κ3) is 5.24. The second-order valence-electron chi connectivity index (χ2n) is 6.07. The average Bonchev–Trinajstić information content (AvgIpc) is 2.71. The topological polar surface area (TPSA) is 54.5 Å². The van der Waals surface area contributed by atoms with Crippen molar-refractivity contribution in [2.45, 2.75) is 6.18 Å².